The van der Waals surface area contributed by atoms with Gasteiger partial charge in [-0.1, -0.05) is 35.4 Å². The molecule has 0 aromatic heterocycles. The first-order chi connectivity index (χ1) is 16.1. The number of allylic oxidation sites excluding steroid dienone is 3. The van der Waals surface area contributed by atoms with E-state index < -0.39 is 24.0 Å². The van der Waals surface area contributed by atoms with Crippen LogP contribution in [-0.4, -0.2) is 54.3 Å². The van der Waals surface area contributed by atoms with Crippen molar-refractivity contribution < 1.29 is 29.3 Å². The first kappa shape index (κ1) is 26.1. The third-order valence-electron chi connectivity index (χ3n) is 6.13. The number of halogens is 1. The predicted octanol–water partition coefficient (Wildman–Crippen LogP) is 3.87. The van der Waals surface area contributed by atoms with Crippen LogP contribution in [0, 0.1) is 0 Å². The van der Waals surface area contributed by atoms with Crippen LogP contribution in [0.25, 0.3) is 0 Å². The van der Waals surface area contributed by atoms with Gasteiger partial charge in [-0.2, -0.15) is 0 Å². The molecule has 34 heavy (non-hydrogen) atoms. The number of methoxy groups -OCH3 is 1. The van der Waals surface area contributed by atoms with E-state index >= 15 is 0 Å². The molecule has 0 aliphatic carbocycles. The highest BCUT2D eigenvalue weighted by Gasteiger charge is 2.39. The van der Waals surface area contributed by atoms with E-state index in [-0.39, 0.29) is 31.6 Å². The second-order valence-corrected chi connectivity index (χ2v) is 9.45. The van der Waals surface area contributed by atoms with Gasteiger partial charge in [0.2, 0.25) is 5.91 Å². The lowest BCUT2D eigenvalue weighted by molar-refractivity contribution is -0.118. The quantitative estimate of drug-likeness (QED) is 0.549. The molecule has 0 radical (unpaired) electrons. The van der Waals surface area contributed by atoms with Gasteiger partial charge >= 0.3 is 6.09 Å². The average Bonchev–Trinajstić information content (AvgIpc) is 2.76. The van der Waals surface area contributed by atoms with Crippen LogP contribution in [0.2, 0.25) is 5.02 Å². The van der Waals surface area contributed by atoms with Crippen LogP contribution in [0.3, 0.4) is 0 Å². The van der Waals surface area contributed by atoms with E-state index in [0.717, 1.165) is 11.1 Å². The zero-order valence-corrected chi connectivity index (χ0v) is 20.6. The van der Waals surface area contributed by atoms with Crippen LogP contribution >= 0.6 is 11.6 Å². The zero-order chi connectivity index (χ0) is 24.9. The smallest absolute Gasteiger partial charge is 0.409 e. The molecule has 2 aliphatic heterocycles. The molecular formula is C25H33ClN2O6. The van der Waals surface area contributed by atoms with E-state index in [4.69, 9.17) is 21.1 Å². The minimum Gasteiger partial charge on any atom is -0.495 e. The van der Waals surface area contributed by atoms with Crippen molar-refractivity contribution in [2.75, 3.05) is 19.1 Å². The zero-order valence-electron chi connectivity index (χ0n) is 19.8. The number of fused-ring (bicyclic) bond motifs is 4. The fourth-order valence-corrected chi connectivity index (χ4v) is 4.64. The number of aliphatic hydroxyl groups excluding tert-OH is 1. The lowest BCUT2D eigenvalue weighted by Crippen LogP contribution is -2.56. The Labute approximate surface area is 205 Å². The summed E-state index contributed by atoms with van der Waals surface area (Å²) < 4.78 is 10.7. The maximum atomic E-state index is 12.9. The first-order valence-electron chi connectivity index (χ1n) is 11.4. The SMILES string of the molecule is COc1cc2cc(c1Cl)N(C)C(=O)CCCC(O)CC1C[C@](O)(C/C=C/C=C(\C)C2)NC(=O)O1. The van der Waals surface area contributed by atoms with E-state index in [1.54, 1.807) is 13.1 Å². The van der Waals surface area contributed by atoms with Gasteiger partial charge < -0.3 is 24.6 Å². The van der Waals surface area contributed by atoms with Gasteiger partial charge in [0, 0.05) is 32.7 Å². The molecule has 9 heteroatoms. The number of anilines is 1. The topological polar surface area (TPSA) is 108 Å². The number of hydrogen-bond acceptors (Lipinski definition) is 6. The molecule has 0 saturated carbocycles. The second kappa shape index (κ2) is 11.3. The minimum atomic E-state index is -1.45. The molecule has 1 aromatic carbocycles. The molecule has 0 spiro atoms. The highest BCUT2D eigenvalue weighted by atomic mass is 35.5. The number of rotatable bonds is 1. The molecule has 1 aromatic rings. The molecular weight excluding hydrogens is 460 g/mol. The lowest BCUT2D eigenvalue weighted by Gasteiger charge is -2.37. The summed E-state index contributed by atoms with van der Waals surface area (Å²) in [6.07, 6.45) is 5.64. The molecule has 186 valence electrons. The van der Waals surface area contributed by atoms with Crippen molar-refractivity contribution in [3.05, 3.63) is 46.5 Å². The molecule has 1 saturated heterocycles. The van der Waals surface area contributed by atoms with E-state index in [1.165, 1.54) is 12.0 Å². The van der Waals surface area contributed by atoms with Gasteiger partial charge in [-0.15, -0.1) is 0 Å². The molecule has 2 heterocycles. The number of ether oxygens (including phenoxy) is 2. The normalized spacial score (nSPS) is 29.5. The molecule has 8 nitrogen and oxygen atoms in total. The highest BCUT2D eigenvalue weighted by Crippen LogP contribution is 2.37. The Morgan fingerprint density at radius 2 is 2.09 bits per heavy atom. The van der Waals surface area contributed by atoms with Crippen molar-refractivity contribution in [3.8, 4) is 5.75 Å². The lowest BCUT2D eigenvalue weighted by atomic mass is 9.95. The van der Waals surface area contributed by atoms with Gasteiger partial charge in [-0.05, 0) is 43.9 Å². The Morgan fingerprint density at radius 3 is 2.82 bits per heavy atom. The highest BCUT2D eigenvalue weighted by molar-refractivity contribution is 6.35. The fourth-order valence-electron chi connectivity index (χ4n) is 4.33. The van der Waals surface area contributed by atoms with Crippen LogP contribution in [0.5, 0.6) is 5.75 Å². The largest absolute Gasteiger partial charge is 0.495 e. The Bertz CT molecular complexity index is 978. The van der Waals surface area contributed by atoms with Crippen LogP contribution in [0.4, 0.5) is 10.5 Å². The Balaban J connectivity index is 1.90. The van der Waals surface area contributed by atoms with Crippen molar-refractivity contribution in [3.63, 3.8) is 0 Å². The molecule has 4 bridgehead atoms. The van der Waals surface area contributed by atoms with Gasteiger partial charge in [-0.3, -0.25) is 10.1 Å². The van der Waals surface area contributed by atoms with E-state index in [9.17, 15) is 19.8 Å². The van der Waals surface area contributed by atoms with E-state index in [2.05, 4.69) is 5.32 Å². The van der Waals surface area contributed by atoms with Crippen molar-refractivity contribution in [1.82, 2.24) is 5.32 Å². The molecule has 2 aliphatic rings. The number of aliphatic hydroxyl groups is 2. The molecule has 2 unspecified atom stereocenters. The summed E-state index contributed by atoms with van der Waals surface area (Å²) in [6.45, 7) is 1.98. The summed E-state index contributed by atoms with van der Waals surface area (Å²) >= 11 is 6.51. The van der Waals surface area contributed by atoms with Gasteiger partial charge in [-0.25, -0.2) is 4.79 Å². The average molecular weight is 493 g/mol. The Morgan fingerprint density at radius 1 is 1.32 bits per heavy atom. The summed E-state index contributed by atoms with van der Waals surface area (Å²) in [6, 6.07) is 3.73. The van der Waals surface area contributed by atoms with Crippen LogP contribution in [0.1, 0.15) is 51.0 Å². The number of benzene rings is 1. The van der Waals surface area contributed by atoms with Gasteiger partial charge in [0.15, 0.2) is 0 Å². The summed E-state index contributed by atoms with van der Waals surface area (Å²) in [5.74, 6) is 0.354. The number of nitrogens with one attached hydrogen (secondary N) is 1. The van der Waals surface area contributed by atoms with Crippen LogP contribution in [0.15, 0.2) is 35.9 Å². The van der Waals surface area contributed by atoms with Gasteiger partial charge in [0.05, 0.1) is 18.9 Å². The number of carbonyl (C=O) groups excluding carboxylic acids is 2. The van der Waals surface area contributed by atoms with Crippen molar-refractivity contribution in [2.24, 2.45) is 0 Å². The summed E-state index contributed by atoms with van der Waals surface area (Å²) in [7, 11) is 3.21. The third kappa shape index (κ3) is 6.74. The Hall–Kier alpha value is -2.55. The molecule has 3 rings (SSSR count). The van der Waals surface area contributed by atoms with E-state index in [1.807, 2.05) is 31.2 Å². The van der Waals surface area contributed by atoms with Crippen LogP contribution < -0.4 is 15.0 Å². The van der Waals surface area contributed by atoms with Gasteiger partial charge in [0.1, 0.15) is 22.6 Å². The molecule has 2 amide bonds. The van der Waals surface area contributed by atoms with E-state index in [0.29, 0.717) is 35.7 Å². The number of carbonyl (C=O) groups is 2. The summed E-state index contributed by atoms with van der Waals surface area (Å²) in [4.78, 5) is 26.3. The third-order valence-corrected chi connectivity index (χ3v) is 6.51. The fraction of sp³-hybridized carbons (Fsp3) is 0.520. The second-order valence-electron chi connectivity index (χ2n) is 9.08. The van der Waals surface area contributed by atoms with Crippen molar-refractivity contribution >= 4 is 29.3 Å². The molecule has 1 fully saturated rings. The maximum Gasteiger partial charge on any atom is 0.409 e. The Kier molecular flexibility index (Phi) is 8.62. The first-order valence-corrected chi connectivity index (χ1v) is 11.8. The number of nitrogens with zero attached hydrogens (tertiary/aromatic N) is 1. The number of hydrogen-bond donors (Lipinski definition) is 3. The summed E-state index contributed by atoms with van der Waals surface area (Å²) in [5, 5.41) is 24.1. The molecule has 3 atom stereocenters. The minimum absolute atomic E-state index is 0.135. The molecule has 3 N–H and O–H groups in total. The standard InChI is InChI=1S/C25H33ClN2O6/c1-16-7-4-5-10-25(32)15-19(34-24(31)27-25)14-18(29)8-6-9-22(30)28(2)20-12-17(11-16)13-21(33-3)23(20)26/h4-5,7,12-13,18-19,29,32H,6,8-11,14-15H2,1-3H3,(H,27,31)/b5-4+,16-7+/t18?,19?,25-/m1/s1. The number of amides is 2. The summed E-state index contributed by atoms with van der Waals surface area (Å²) in [5.41, 5.74) is 1.10. The number of alkyl carbamates (subject to hydrolysis) is 1. The van der Waals surface area contributed by atoms with Crippen molar-refractivity contribution in [2.45, 2.75) is 69.8 Å². The van der Waals surface area contributed by atoms with Crippen molar-refractivity contribution in [1.29, 1.82) is 0 Å². The van der Waals surface area contributed by atoms with Crippen LogP contribution in [-0.2, 0) is 16.0 Å². The predicted molar refractivity (Wildman–Crippen MR) is 130 cm³/mol. The monoisotopic (exact) mass is 492 g/mol. The van der Waals surface area contributed by atoms with Gasteiger partial charge in [0.25, 0.3) is 0 Å². The maximum absolute atomic E-state index is 12.9.